The first-order valence-corrected chi connectivity index (χ1v) is 9.22. The number of hydrogen-bond donors (Lipinski definition) is 1. The van der Waals surface area contributed by atoms with Gasteiger partial charge in [0.1, 0.15) is 0 Å². The molecular weight excluding hydrogens is 320 g/mol. The Balaban J connectivity index is 1.82. The number of ketones is 1. The van der Waals surface area contributed by atoms with Crippen molar-refractivity contribution in [3.05, 3.63) is 23.8 Å². The van der Waals surface area contributed by atoms with Gasteiger partial charge in [0.05, 0.1) is 19.1 Å². The SMILES string of the molecule is COc1ccc(C(=O)C2CCCCC2C(=O)O)cc1OC1CCCC1. The minimum absolute atomic E-state index is 0.0916. The van der Waals surface area contributed by atoms with Crippen LogP contribution in [0.25, 0.3) is 0 Å². The van der Waals surface area contributed by atoms with Crippen molar-refractivity contribution >= 4 is 11.8 Å². The van der Waals surface area contributed by atoms with Crippen LogP contribution in [0.3, 0.4) is 0 Å². The largest absolute Gasteiger partial charge is 0.493 e. The Bertz CT molecular complexity index is 633. The van der Waals surface area contributed by atoms with E-state index in [0.717, 1.165) is 38.5 Å². The Hall–Kier alpha value is -2.04. The van der Waals surface area contributed by atoms with Crippen LogP contribution in [0.15, 0.2) is 18.2 Å². The third kappa shape index (κ3) is 3.97. The molecule has 0 saturated heterocycles. The third-order valence-electron chi connectivity index (χ3n) is 5.46. The molecule has 2 aliphatic rings. The normalized spacial score (nSPS) is 24.0. The van der Waals surface area contributed by atoms with E-state index in [2.05, 4.69) is 0 Å². The molecule has 1 aromatic rings. The van der Waals surface area contributed by atoms with E-state index in [9.17, 15) is 14.7 Å². The lowest BCUT2D eigenvalue weighted by atomic mass is 9.75. The number of carboxylic acids is 1. The van der Waals surface area contributed by atoms with Crippen molar-refractivity contribution in [2.24, 2.45) is 11.8 Å². The van der Waals surface area contributed by atoms with E-state index in [0.29, 0.717) is 29.9 Å². The topological polar surface area (TPSA) is 72.8 Å². The van der Waals surface area contributed by atoms with Gasteiger partial charge in [0.15, 0.2) is 17.3 Å². The van der Waals surface area contributed by atoms with Crippen molar-refractivity contribution in [3.8, 4) is 11.5 Å². The maximum Gasteiger partial charge on any atom is 0.307 e. The van der Waals surface area contributed by atoms with Gasteiger partial charge in [0, 0.05) is 11.5 Å². The molecule has 2 unspecified atom stereocenters. The van der Waals surface area contributed by atoms with Crippen molar-refractivity contribution < 1.29 is 24.2 Å². The standard InChI is InChI=1S/C20H26O5/c1-24-17-11-10-13(12-18(17)25-14-6-2-3-7-14)19(21)15-8-4-5-9-16(15)20(22)23/h10-12,14-16H,2-9H2,1H3,(H,22,23). The molecule has 5 nitrogen and oxygen atoms in total. The van der Waals surface area contributed by atoms with Crippen LogP contribution in [0.5, 0.6) is 11.5 Å². The molecule has 136 valence electrons. The molecule has 2 aliphatic carbocycles. The zero-order valence-electron chi connectivity index (χ0n) is 14.7. The summed E-state index contributed by atoms with van der Waals surface area (Å²) >= 11 is 0. The van der Waals surface area contributed by atoms with Crippen molar-refractivity contribution in [1.82, 2.24) is 0 Å². The second-order valence-electron chi connectivity index (χ2n) is 7.09. The first kappa shape index (κ1) is 17.8. The summed E-state index contributed by atoms with van der Waals surface area (Å²) in [6, 6.07) is 5.19. The van der Waals surface area contributed by atoms with Gasteiger partial charge in [-0.1, -0.05) is 12.8 Å². The molecule has 0 aliphatic heterocycles. The Morgan fingerprint density at radius 1 is 0.960 bits per heavy atom. The van der Waals surface area contributed by atoms with Gasteiger partial charge in [-0.25, -0.2) is 0 Å². The summed E-state index contributed by atoms with van der Waals surface area (Å²) in [5.74, 6) is -0.786. The molecule has 0 aromatic heterocycles. The maximum atomic E-state index is 12.9. The highest BCUT2D eigenvalue weighted by molar-refractivity contribution is 6.00. The van der Waals surface area contributed by atoms with Crippen LogP contribution in [-0.4, -0.2) is 30.1 Å². The molecule has 2 fully saturated rings. The minimum atomic E-state index is -0.867. The first-order chi connectivity index (χ1) is 12.1. The van der Waals surface area contributed by atoms with E-state index in [1.807, 2.05) is 0 Å². The summed E-state index contributed by atoms with van der Waals surface area (Å²) in [4.78, 5) is 24.4. The molecule has 1 N–H and O–H groups in total. The number of Topliss-reactive ketones (excluding diaryl/α,β-unsaturated/α-hetero) is 1. The Labute approximate surface area is 148 Å². The number of carbonyl (C=O) groups excluding carboxylic acids is 1. The van der Waals surface area contributed by atoms with E-state index < -0.39 is 17.8 Å². The molecule has 3 rings (SSSR count). The van der Waals surface area contributed by atoms with Gasteiger partial charge in [0.25, 0.3) is 0 Å². The zero-order chi connectivity index (χ0) is 17.8. The Kier molecular flexibility index (Phi) is 5.61. The van der Waals surface area contributed by atoms with Crippen molar-refractivity contribution in [1.29, 1.82) is 0 Å². The summed E-state index contributed by atoms with van der Waals surface area (Å²) in [6.45, 7) is 0. The number of rotatable bonds is 6. The average molecular weight is 346 g/mol. The van der Waals surface area contributed by atoms with Gasteiger partial charge in [-0.3, -0.25) is 9.59 Å². The van der Waals surface area contributed by atoms with Gasteiger partial charge >= 0.3 is 5.97 Å². The van der Waals surface area contributed by atoms with Gasteiger partial charge in [-0.05, 0) is 56.7 Å². The lowest BCUT2D eigenvalue weighted by Crippen LogP contribution is -2.32. The van der Waals surface area contributed by atoms with Crippen molar-refractivity contribution in [2.75, 3.05) is 7.11 Å². The molecule has 0 heterocycles. The van der Waals surface area contributed by atoms with E-state index in [-0.39, 0.29) is 11.9 Å². The Morgan fingerprint density at radius 2 is 1.60 bits per heavy atom. The number of benzene rings is 1. The smallest absolute Gasteiger partial charge is 0.307 e. The second-order valence-corrected chi connectivity index (χ2v) is 7.09. The van der Waals surface area contributed by atoms with Gasteiger partial charge < -0.3 is 14.6 Å². The molecule has 0 bridgehead atoms. The lowest BCUT2D eigenvalue weighted by Gasteiger charge is -2.27. The fraction of sp³-hybridized carbons (Fsp3) is 0.600. The molecule has 1 aromatic carbocycles. The minimum Gasteiger partial charge on any atom is -0.493 e. The zero-order valence-corrected chi connectivity index (χ0v) is 14.7. The van der Waals surface area contributed by atoms with Crippen molar-refractivity contribution in [2.45, 2.75) is 57.5 Å². The van der Waals surface area contributed by atoms with E-state index in [1.54, 1.807) is 25.3 Å². The van der Waals surface area contributed by atoms with Gasteiger partial charge in [0.2, 0.25) is 0 Å². The van der Waals surface area contributed by atoms with Crippen LogP contribution in [0.4, 0.5) is 0 Å². The number of hydrogen-bond acceptors (Lipinski definition) is 4. The number of methoxy groups -OCH3 is 1. The summed E-state index contributed by atoms with van der Waals surface area (Å²) in [5, 5.41) is 9.43. The van der Waals surface area contributed by atoms with E-state index in [4.69, 9.17) is 9.47 Å². The van der Waals surface area contributed by atoms with Crippen LogP contribution in [0.2, 0.25) is 0 Å². The third-order valence-corrected chi connectivity index (χ3v) is 5.46. The molecule has 0 radical (unpaired) electrons. The summed E-state index contributed by atoms with van der Waals surface area (Å²) in [6.07, 6.45) is 7.52. The van der Waals surface area contributed by atoms with Gasteiger partial charge in [-0.2, -0.15) is 0 Å². The summed E-state index contributed by atoms with van der Waals surface area (Å²) in [7, 11) is 1.58. The van der Waals surface area contributed by atoms with E-state index >= 15 is 0 Å². The molecular formula is C20H26O5. The van der Waals surface area contributed by atoms with Crippen LogP contribution in [0, 0.1) is 11.8 Å². The number of ether oxygens (including phenoxy) is 2. The highest BCUT2D eigenvalue weighted by Crippen LogP contribution is 2.36. The van der Waals surface area contributed by atoms with Crippen LogP contribution in [-0.2, 0) is 4.79 Å². The Morgan fingerprint density at radius 3 is 2.24 bits per heavy atom. The van der Waals surface area contributed by atoms with Crippen LogP contribution in [0.1, 0.15) is 61.7 Å². The lowest BCUT2D eigenvalue weighted by molar-refractivity contribution is -0.144. The molecule has 5 heteroatoms. The highest BCUT2D eigenvalue weighted by atomic mass is 16.5. The van der Waals surface area contributed by atoms with E-state index in [1.165, 1.54) is 0 Å². The number of carbonyl (C=O) groups is 2. The molecule has 2 atom stereocenters. The van der Waals surface area contributed by atoms with Gasteiger partial charge in [-0.15, -0.1) is 0 Å². The predicted molar refractivity (Wildman–Crippen MR) is 93.3 cm³/mol. The summed E-state index contributed by atoms with van der Waals surface area (Å²) < 4.78 is 11.4. The highest BCUT2D eigenvalue weighted by Gasteiger charge is 2.36. The molecule has 2 saturated carbocycles. The second kappa shape index (κ2) is 7.89. The average Bonchev–Trinajstić information content (AvgIpc) is 3.14. The van der Waals surface area contributed by atoms with Crippen molar-refractivity contribution in [3.63, 3.8) is 0 Å². The predicted octanol–water partition coefficient (Wildman–Crippen LogP) is 4.09. The quantitative estimate of drug-likeness (QED) is 0.785. The van der Waals surface area contributed by atoms with Crippen LogP contribution < -0.4 is 9.47 Å². The first-order valence-electron chi connectivity index (χ1n) is 9.22. The maximum absolute atomic E-state index is 12.9. The number of aliphatic carboxylic acids is 1. The fourth-order valence-corrected chi connectivity index (χ4v) is 4.06. The fourth-order valence-electron chi connectivity index (χ4n) is 4.06. The summed E-state index contributed by atoms with van der Waals surface area (Å²) in [5.41, 5.74) is 0.520. The molecule has 25 heavy (non-hydrogen) atoms. The molecule has 0 amide bonds. The monoisotopic (exact) mass is 346 g/mol. The molecule has 0 spiro atoms. The van der Waals surface area contributed by atoms with Crippen LogP contribution >= 0.6 is 0 Å². The number of carboxylic acid groups (broad SMARTS) is 1.